The van der Waals surface area contributed by atoms with Crippen LogP contribution in [0.15, 0.2) is 48.5 Å². The minimum Gasteiger partial charge on any atom is -0.496 e. The highest BCUT2D eigenvalue weighted by Gasteiger charge is 2.09. The molecule has 2 nitrogen and oxygen atoms in total. The summed E-state index contributed by atoms with van der Waals surface area (Å²) in [5, 5.41) is 0.163. The zero-order valence-corrected chi connectivity index (χ0v) is 12.6. The third kappa shape index (κ3) is 4.14. The number of aryl methyl sites for hydroxylation is 1. The van der Waals surface area contributed by atoms with E-state index in [0.717, 1.165) is 16.9 Å². The molecule has 0 fully saturated rings. The van der Waals surface area contributed by atoms with Gasteiger partial charge in [-0.05, 0) is 24.1 Å². The van der Waals surface area contributed by atoms with Gasteiger partial charge in [0.05, 0.1) is 7.11 Å². The molecule has 2 aromatic rings. The highest BCUT2D eigenvalue weighted by atomic mass is 32.2. The van der Waals surface area contributed by atoms with Gasteiger partial charge in [-0.1, -0.05) is 54.2 Å². The van der Waals surface area contributed by atoms with Crippen molar-refractivity contribution in [3.63, 3.8) is 0 Å². The van der Waals surface area contributed by atoms with Crippen LogP contribution in [0.1, 0.15) is 16.7 Å². The zero-order valence-electron chi connectivity index (χ0n) is 11.8. The van der Waals surface area contributed by atoms with Crippen molar-refractivity contribution in [1.82, 2.24) is 0 Å². The Bertz CT molecular complexity index is 579. The average molecular weight is 286 g/mol. The van der Waals surface area contributed by atoms with E-state index in [-0.39, 0.29) is 5.12 Å². The summed E-state index contributed by atoms with van der Waals surface area (Å²) >= 11 is 1.35. The van der Waals surface area contributed by atoms with Crippen LogP contribution in [0.4, 0.5) is 0 Å². The van der Waals surface area contributed by atoms with Crippen LogP contribution in [-0.2, 0) is 17.0 Å². The maximum Gasteiger partial charge on any atom is 0.193 e. The number of carbonyl (C=O) groups is 1. The summed E-state index contributed by atoms with van der Waals surface area (Å²) in [5.74, 6) is 1.51. The molecule has 0 atom stereocenters. The highest BCUT2D eigenvalue weighted by molar-refractivity contribution is 8.12. The van der Waals surface area contributed by atoms with E-state index in [4.69, 9.17) is 4.74 Å². The number of hydrogen-bond acceptors (Lipinski definition) is 3. The topological polar surface area (TPSA) is 26.3 Å². The molecule has 2 rings (SSSR count). The van der Waals surface area contributed by atoms with Gasteiger partial charge in [-0.25, -0.2) is 0 Å². The van der Waals surface area contributed by atoms with Gasteiger partial charge in [0.1, 0.15) is 5.75 Å². The second kappa shape index (κ2) is 7.15. The van der Waals surface area contributed by atoms with Crippen LogP contribution in [-0.4, -0.2) is 12.2 Å². The standard InChI is InChI=1S/C17H18O2S/c1-13-8-9-15(16(10-13)19-2)11-17(18)20-12-14-6-4-3-5-7-14/h3-10H,11-12H2,1-2H3. The number of ether oxygens (including phenoxy) is 1. The van der Waals surface area contributed by atoms with E-state index in [1.54, 1.807) is 7.11 Å². The third-order valence-electron chi connectivity index (χ3n) is 3.02. The Morgan fingerprint density at radius 1 is 1.15 bits per heavy atom. The van der Waals surface area contributed by atoms with Crippen molar-refractivity contribution in [3.05, 3.63) is 65.2 Å². The number of carbonyl (C=O) groups excluding carboxylic acids is 1. The fraction of sp³-hybridized carbons (Fsp3) is 0.235. The van der Waals surface area contributed by atoms with Gasteiger partial charge >= 0.3 is 0 Å². The van der Waals surface area contributed by atoms with E-state index in [1.165, 1.54) is 17.3 Å². The zero-order chi connectivity index (χ0) is 14.4. The van der Waals surface area contributed by atoms with Crippen molar-refractivity contribution >= 4 is 16.9 Å². The van der Waals surface area contributed by atoms with Gasteiger partial charge in [0.25, 0.3) is 0 Å². The molecule has 2 aromatic carbocycles. The Morgan fingerprint density at radius 2 is 1.90 bits per heavy atom. The fourth-order valence-electron chi connectivity index (χ4n) is 1.94. The van der Waals surface area contributed by atoms with Crippen LogP contribution in [0.25, 0.3) is 0 Å². The van der Waals surface area contributed by atoms with Crippen LogP contribution < -0.4 is 4.74 Å². The molecule has 0 aromatic heterocycles. The van der Waals surface area contributed by atoms with E-state index in [9.17, 15) is 4.79 Å². The average Bonchev–Trinajstić information content (AvgIpc) is 2.48. The first-order valence-electron chi connectivity index (χ1n) is 6.52. The Labute approximate surface area is 124 Å². The molecule has 0 spiro atoms. The smallest absolute Gasteiger partial charge is 0.193 e. The van der Waals surface area contributed by atoms with E-state index < -0.39 is 0 Å². The van der Waals surface area contributed by atoms with Gasteiger partial charge in [-0.3, -0.25) is 4.79 Å². The Morgan fingerprint density at radius 3 is 2.60 bits per heavy atom. The molecule has 0 radical (unpaired) electrons. The lowest BCUT2D eigenvalue weighted by molar-refractivity contribution is -0.110. The predicted octanol–water partition coefficient (Wildman–Crippen LogP) is 4.01. The molecule has 0 heterocycles. The fourth-order valence-corrected chi connectivity index (χ4v) is 2.72. The van der Waals surface area contributed by atoms with Gasteiger partial charge < -0.3 is 4.74 Å². The summed E-state index contributed by atoms with van der Waals surface area (Å²) in [7, 11) is 1.64. The van der Waals surface area contributed by atoms with Crippen LogP contribution in [0.2, 0.25) is 0 Å². The molecule has 0 saturated carbocycles. The van der Waals surface area contributed by atoms with Crippen molar-refractivity contribution < 1.29 is 9.53 Å². The van der Waals surface area contributed by atoms with Crippen molar-refractivity contribution in [1.29, 1.82) is 0 Å². The minimum atomic E-state index is 0.163. The minimum absolute atomic E-state index is 0.163. The van der Waals surface area contributed by atoms with Gasteiger partial charge in [-0.2, -0.15) is 0 Å². The van der Waals surface area contributed by atoms with Crippen molar-refractivity contribution in [2.24, 2.45) is 0 Å². The molecule has 0 N–H and O–H groups in total. The number of rotatable bonds is 5. The molecule has 20 heavy (non-hydrogen) atoms. The van der Waals surface area contributed by atoms with Crippen LogP contribution in [0.5, 0.6) is 5.75 Å². The van der Waals surface area contributed by atoms with Crippen LogP contribution in [0, 0.1) is 6.92 Å². The van der Waals surface area contributed by atoms with Gasteiger partial charge in [0.15, 0.2) is 5.12 Å². The van der Waals surface area contributed by atoms with E-state index in [0.29, 0.717) is 12.2 Å². The normalized spacial score (nSPS) is 10.3. The first kappa shape index (κ1) is 14.7. The molecule has 3 heteroatoms. The van der Waals surface area contributed by atoms with Crippen molar-refractivity contribution in [2.75, 3.05) is 7.11 Å². The maximum absolute atomic E-state index is 12.0. The molecular formula is C17H18O2S. The third-order valence-corrected chi connectivity index (χ3v) is 3.96. The SMILES string of the molecule is COc1cc(C)ccc1CC(=O)SCc1ccccc1. The Kier molecular flexibility index (Phi) is 5.24. The van der Waals surface area contributed by atoms with Crippen LogP contribution >= 0.6 is 11.8 Å². The second-order valence-electron chi connectivity index (χ2n) is 4.64. The van der Waals surface area contributed by atoms with E-state index >= 15 is 0 Å². The second-order valence-corrected chi connectivity index (χ2v) is 5.67. The first-order valence-corrected chi connectivity index (χ1v) is 7.50. The summed E-state index contributed by atoms with van der Waals surface area (Å²) in [4.78, 5) is 12.0. The quantitative estimate of drug-likeness (QED) is 0.831. The first-order chi connectivity index (χ1) is 9.69. The molecule has 0 unspecified atom stereocenters. The molecule has 0 bridgehead atoms. The molecule has 0 aliphatic carbocycles. The molecule has 0 saturated heterocycles. The predicted molar refractivity (Wildman–Crippen MR) is 84.2 cm³/mol. The van der Waals surface area contributed by atoms with Crippen LogP contribution in [0.3, 0.4) is 0 Å². The lowest BCUT2D eigenvalue weighted by Crippen LogP contribution is -2.01. The summed E-state index contributed by atoms with van der Waals surface area (Å²) < 4.78 is 5.33. The molecule has 0 aliphatic rings. The monoisotopic (exact) mass is 286 g/mol. The Balaban J connectivity index is 1.95. The molecular weight excluding hydrogens is 268 g/mol. The lowest BCUT2D eigenvalue weighted by atomic mass is 10.1. The number of benzene rings is 2. The van der Waals surface area contributed by atoms with E-state index in [1.807, 2.05) is 55.5 Å². The molecule has 0 amide bonds. The number of hydrogen-bond donors (Lipinski definition) is 0. The van der Waals surface area contributed by atoms with Gasteiger partial charge in [0.2, 0.25) is 0 Å². The molecule has 104 valence electrons. The molecule has 0 aliphatic heterocycles. The van der Waals surface area contributed by atoms with Crippen molar-refractivity contribution in [3.8, 4) is 5.75 Å². The summed E-state index contributed by atoms with van der Waals surface area (Å²) in [6, 6.07) is 16.0. The summed E-state index contributed by atoms with van der Waals surface area (Å²) in [6.45, 7) is 2.01. The Hall–Kier alpha value is -1.74. The number of thioether (sulfide) groups is 1. The summed E-state index contributed by atoms with van der Waals surface area (Å²) in [5.41, 5.74) is 3.25. The lowest BCUT2D eigenvalue weighted by Gasteiger charge is -2.08. The van der Waals surface area contributed by atoms with Crippen molar-refractivity contribution in [2.45, 2.75) is 19.1 Å². The summed E-state index contributed by atoms with van der Waals surface area (Å²) in [6.07, 6.45) is 0.404. The van der Waals surface area contributed by atoms with E-state index in [2.05, 4.69) is 0 Å². The highest BCUT2D eigenvalue weighted by Crippen LogP contribution is 2.23. The maximum atomic E-state index is 12.0. The largest absolute Gasteiger partial charge is 0.496 e. The number of methoxy groups -OCH3 is 1. The van der Waals surface area contributed by atoms with Gasteiger partial charge in [-0.15, -0.1) is 0 Å². The van der Waals surface area contributed by atoms with Gasteiger partial charge in [0, 0.05) is 17.7 Å².